The van der Waals surface area contributed by atoms with Crippen LogP contribution in [0.15, 0.2) is 24.3 Å². The molecular formula is C17H23NO2. The van der Waals surface area contributed by atoms with Crippen LogP contribution in [0.3, 0.4) is 0 Å². The molecule has 20 heavy (non-hydrogen) atoms. The van der Waals surface area contributed by atoms with Gasteiger partial charge in [0.2, 0.25) is 0 Å². The molecule has 2 N–H and O–H groups in total. The Bertz CT molecular complexity index is 442. The zero-order chi connectivity index (χ0) is 13.5. The van der Waals surface area contributed by atoms with Crippen molar-refractivity contribution in [3.8, 4) is 11.5 Å². The summed E-state index contributed by atoms with van der Waals surface area (Å²) in [5, 5.41) is 0. The highest BCUT2D eigenvalue weighted by molar-refractivity contribution is 5.31. The van der Waals surface area contributed by atoms with Crippen LogP contribution in [-0.2, 0) is 0 Å². The highest BCUT2D eigenvalue weighted by Crippen LogP contribution is 2.56. The maximum absolute atomic E-state index is 6.04. The van der Waals surface area contributed by atoms with Gasteiger partial charge < -0.3 is 9.57 Å². The molecule has 1 aromatic carbocycles. The Morgan fingerprint density at radius 2 is 1.40 bits per heavy atom. The second kappa shape index (κ2) is 4.96. The van der Waals surface area contributed by atoms with E-state index in [4.69, 9.17) is 10.6 Å². The van der Waals surface area contributed by atoms with E-state index in [1.54, 1.807) is 0 Å². The molecule has 0 aromatic heterocycles. The van der Waals surface area contributed by atoms with Gasteiger partial charge in [0, 0.05) is 0 Å². The average molecular weight is 273 g/mol. The standard InChI is InChI=1S/C17H23NO2/c18-20-16-3-1-15(2-4-16)19-10-17-13-6-11-5-12(8-13)9-14(17)7-11/h1-4,11-14,17H,5-10,18H2. The zero-order valence-corrected chi connectivity index (χ0v) is 11.8. The van der Waals surface area contributed by atoms with Crippen molar-refractivity contribution >= 4 is 0 Å². The quantitative estimate of drug-likeness (QED) is 0.855. The molecule has 4 fully saturated rings. The van der Waals surface area contributed by atoms with Crippen LogP contribution >= 0.6 is 0 Å². The monoisotopic (exact) mass is 273 g/mol. The van der Waals surface area contributed by atoms with E-state index in [1.165, 1.54) is 32.1 Å². The summed E-state index contributed by atoms with van der Waals surface area (Å²) < 4.78 is 6.04. The number of hydrogen-bond acceptors (Lipinski definition) is 3. The minimum Gasteiger partial charge on any atom is -0.493 e. The van der Waals surface area contributed by atoms with Crippen molar-refractivity contribution in [1.29, 1.82) is 0 Å². The fraction of sp³-hybridized carbons (Fsp3) is 0.647. The first kappa shape index (κ1) is 12.5. The first-order chi connectivity index (χ1) is 9.81. The van der Waals surface area contributed by atoms with Crippen LogP contribution in [0.2, 0.25) is 0 Å². The van der Waals surface area contributed by atoms with Crippen molar-refractivity contribution in [1.82, 2.24) is 0 Å². The number of ether oxygens (including phenoxy) is 1. The minimum atomic E-state index is 0.673. The molecule has 4 aliphatic rings. The van der Waals surface area contributed by atoms with Crippen molar-refractivity contribution in [2.45, 2.75) is 32.1 Å². The van der Waals surface area contributed by atoms with E-state index in [1.807, 2.05) is 24.3 Å². The maximum atomic E-state index is 6.04. The van der Waals surface area contributed by atoms with Gasteiger partial charge >= 0.3 is 0 Å². The van der Waals surface area contributed by atoms with Crippen molar-refractivity contribution in [3.63, 3.8) is 0 Å². The fourth-order valence-corrected chi connectivity index (χ4v) is 5.12. The molecule has 3 nitrogen and oxygen atoms in total. The van der Waals surface area contributed by atoms with Gasteiger partial charge in [-0.15, -0.1) is 0 Å². The summed E-state index contributed by atoms with van der Waals surface area (Å²) in [4.78, 5) is 4.69. The highest BCUT2D eigenvalue weighted by Gasteiger charge is 2.48. The molecule has 0 aliphatic heterocycles. The Hall–Kier alpha value is -1.22. The van der Waals surface area contributed by atoms with Gasteiger partial charge in [0.25, 0.3) is 0 Å². The van der Waals surface area contributed by atoms with Crippen LogP contribution in [0.4, 0.5) is 0 Å². The van der Waals surface area contributed by atoms with E-state index < -0.39 is 0 Å². The van der Waals surface area contributed by atoms with Crippen LogP contribution in [0.1, 0.15) is 32.1 Å². The van der Waals surface area contributed by atoms with Crippen LogP contribution < -0.4 is 15.5 Å². The topological polar surface area (TPSA) is 44.5 Å². The molecule has 4 saturated carbocycles. The van der Waals surface area contributed by atoms with Crippen LogP contribution in [0, 0.1) is 29.6 Å². The largest absolute Gasteiger partial charge is 0.493 e. The van der Waals surface area contributed by atoms with Crippen LogP contribution in [-0.4, -0.2) is 6.61 Å². The predicted octanol–water partition coefficient (Wildman–Crippen LogP) is 3.39. The lowest BCUT2D eigenvalue weighted by Crippen LogP contribution is -2.47. The van der Waals surface area contributed by atoms with Gasteiger partial charge in [0.05, 0.1) is 6.61 Å². The Balaban J connectivity index is 1.39. The maximum Gasteiger partial charge on any atom is 0.147 e. The zero-order valence-electron chi connectivity index (χ0n) is 11.8. The molecule has 5 rings (SSSR count). The summed E-state index contributed by atoms with van der Waals surface area (Å²) in [7, 11) is 0. The second-order valence-electron chi connectivity index (χ2n) is 6.99. The van der Waals surface area contributed by atoms with Crippen molar-refractivity contribution < 1.29 is 9.57 Å². The number of nitrogens with two attached hydrogens (primary N) is 1. The normalized spacial score (nSPS) is 38.0. The molecule has 3 heteroatoms. The number of benzene rings is 1. The molecule has 4 bridgehead atoms. The lowest BCUT2D eigenvalue weighted by Gasteiger charge is -2.54. The fourth-order valence-electron chi connectivity index (χ4n) is 5.12. The van der Waals surface area contributed by atoms with E-state index in [9.17, 15) is 0 Å². The minimum absolute atomic E-state index is 0.673. The van der Waals surface area contributed by atoms with Gasteiger partial charge in [0.15, 0.2) is 0 Å². The number of rotatable bonds is 4. The molecule has 1 aromatic rings. The molecule has 108 valence electrons. The van der Waals surface area contributed by atoms with Gasteiger partial charge in [0.1, 0.15) is 11.5 Å². The first-order valence-electron chi connectivity index (χ1n) is 7.91. The molecular weight excluding hydrogens is 250 g/mol. The average Bonchev–Trinajstić information content (AvgIpc) is 2.46. The third-order valence-corrected chi connectivity index (χ3v) is 5.82. The molecule has 0 radical (unpaired) electrons. The molecule has 0 amide bonds. The summed E-state index contributed by atoms with van der Waals surface area (Å²) in [6, 6.07) is 7.59. The van der Waals surface area contributed by atoms with Crippen molar-refractivity contribution in [2.75, 3.05) is 6.61 Å². The Morgan fingerprint density at radius 3 is 1.95 bits per heavy atom. The summed E-state index contributed by atoms with van der Waals surface area (Å²) in [6.45, 7) is 0.887. The van der Waals surface area contributed by atoms with Crippen molar-refractivity contribution in [2.24, 2.45) is 35.5 Å². The smallest absolute Gasteiger partial charge is 0.147 e. The predicted molar refractivity (Wildman–Crippen MR) is 77.3 cm³/mol. The van der Waals surface area contributed by atoms with Crippen LogP contribution in [0.5, 0.6) is 11.5 Å². The third-order valence-electron chi connectivity index (χ3n) is 5.82. The first-order valence-corrected chi connectivity index (χ1v) is 7.91. The van der Waals surface area contributed by atoms with Crippen molar-refractivity contribution in [3.05, 3.63) is 24.3 Å². The lowest BCUT2D eigenvalue weighted by molar-refractivity contribution is -0.0529. The molecule has 0 heterocycles. The molecule has 0 atom stereocenters. The Kier molecular flexibility index (Phi) is 3.10. The van der Waals surface area contributed by atoms with Gasteiger partial charge in [-0.1, -0.05) is 0 Å². The summed E-state index contributed by atoms with van der Waals surface area (Å²) >= 11 is 0. The van der Waals surface area contributed by atoms with E-state index in [0.717, 1.165) is 41.9 Å². The third kappa shape index (κ3) is 2.18. The van der Waals surface area contributed by atoms with E-state index in [2.05, 4.69) is 4.84 Å². The molecule has 0 spiro atoms. The van der Waals surface area contributed by atoms with Gasteiger partial charge in [-0.3, -0.25) is 0 Å². The van der Waals surface area contributed by atoms with Crippen LogP contribution in [0.25, 0.3) is 0 Å². The van der Waals surface area contributed by atoms with Gasteiger partial charge in [-0.25, -0.2) is 0 Å². The van der Waals surface area contributed by atoms with Gasteiger partial charge in [-0.2, -0.15) is 5.90 Å². The number of hydrogen-bond donors (Lipinski definition) is 1. The Morgan fingerprint density at radius 1 is 0.850 bits per heavy atom. The van der Waals surface area contributed by atoms with E-state index in [0.29, 0.717) is 5.75 Å². The van der Waals surface area contributed by atoms with Gasteiger partial charge in [-0.05, 0) is 86.0 Å². The highest BCUT2D eigenvalue weighted by atomic mass is 16.6. The Labute approximate surface area is 120 Å². The lowest BCUT2D eigenvalue weighted by atomic mass is 9.52. The molecule has 4 aliphatic carbocycles. The summed E-state index contributed by atoms with van der Waals surface area (Å²) in [6.07, 6.45) is 7.35. The summed E-state index contributed by atoms with van der Waals surface area (Å²) in [5.74, 6) is 11.4. The van der Waals surface area contributed by atoms with E-state index in [-0.39, 0.29) is 0 Å². The molecule has 0 saturated heterocycles. The second-order valence-corrected chi connectivity index (χ2v) is 6.99. The SMILES string of the molecule is NOc1ccc(OCC2C3CC4CC(C3)CC2C4)cc1. The molecule has 0 unspecified atom stereocenters. The van der Waals surface area contributed by atoms with E-state index >= 15 is 0 Å². The summed E-state index contributed by atoms with van der Waals surface area (Å²) in [5.41, 5.74) is 0.